The first-order valence-electron chi connectivity index (χ1n) is 6.37. The van der Waals surface area contributed by atoms with Crippen LogP contribution in [0, 0.1) is 10.1 Å². The number of carbonyl (C=O) groups is 1. The quantitative estimate of drug-likeness (QED) is 0.446. The van der Waals surface area contributed by atoms with Gasteiger partial charge < -0.3 is 9.64 Å². The number of ether oxygens (including phenoxy) is 1. The summed E-state index contributed by atoms with van der Waals surface area (Å²) in [6.45, 7) is 5.60. The molecule has 0 aliphatic rings. The van der Waals surface area contributed by atoms with Crippen LogP contribution in [0.5, 0.6) is 0 Å². The van der Waals surface area contributed by atoms with Crippen molar-refractivity contribution in [2.24, 2.45) is 7.05 Å². The van der Waals surface area contributed by atoms with E-state index in [-0.39, 0.29) is 24.8 Å². The van der Waals surface area contributed by atoms with Gasteiger partial charge in [0, 0.05) is 20.0 Å². The van der Waals surface area contributed by atoms with Crippen LogP contribution in [0.2, 0.25) is 0 Å². The van der Waals surface area contributed by atoms with Gasteiger partial charge in [-0.05, 0) is 6.92 Å². The Kier molecular flexibility index (Phi) is 5.06. The van der Waals surface area contributed by atoms with Gasteiger partial charge in [0.25, 0.3) is 0 Å². The lowest BCUT2D eigenvalue weighted by atomic mass is 10.1. The summed E-state index contributed by atoms with van der Waals surface area (Å²) in [5, 5.41) is 15.5. The highest BCUT2D eigenvalue weighted by Gasteiger charge is 2.31. The lowest BCUT2D eigenvalue weighted by Crippen LogP contribution is -2.29. The SMILES string of the molecule is CCOC(=O)CN(C)c1c([N+](=O)[O-])c(C(C)C)nn1C. The van der Waals surface area contributed by atoms with Crippen LogP contribution in [-0.4, -0.2) is 40.9 Å². The van der Waals surface area contributed by atoms with E-state index in [2.05, 4.69) is 5.10 Å². The van der Waals surface area contributed by atoms with E-state index in [0.717, 1.165) is 0 Å². The number of aryl methyl sites for hydroxylation is 1. The Morgan fingerprint density at radius 3 is 2.60 bits per heavy atom. The second-order valence-corrected chi connectivity index (χ2v) is 4.75. The van der Waals surface area contributed by atoms with E-state index >= 15 is 0 Å². The van der Waals surface area contributed by atoms with Crippen molar-refractivity contribution in [3.63, 3.8) is 0 Å². The summed E-state index contributed by atoms with van der Waals surface area (Å²) < 4.78 is 6.27. The maximum Gasteiger partial charge on any atom is 0.334 e. The largest absolute Gasteiger partial charge is 0.465 e. The molecule has 0 aliphatic carbocycles. The van der Waals surface area contributed by atoms with Gasteiger partial charge in [0.2, 0.25) is 5.82 Å². The number of likely N-dealkylation sites (N-methyl/N-ethyl adjacent to an activating group) is 1. The van der Waals surface area contributed by atoms with Crippen molar-refractivity contribution in [3.05, 3.63) is 15.8 Å². The molecule has 20 heavy (non-hydrogen) atoms. The number of rotatable bonds is 6. The third-order valence-corrected chi connectivity index (χ3v) is 2.78. The topological polar surface area (TPSA) is 90.5 Å². The molecule has 1 heterocycles. The molecule has 8 nitrogen and oxygen atoms in total. The molecule has 0 spiro atoms. The maximum absolute atomic E-state index is 11.5. The lowest BCUT2D eigenvalue weighted by molar-refractivity contribution is -0.385. The standard InChI is InChI=1S/C12H20N4O4/c1-6-20-9(17)7-14(4)12-11(16(18)19)10(8(2)3)13-15(12)5/h8H,6-7H2,1-5H3. The van der Waals surface area contributed by atoms with Gasteiger partial charge in [-0.3, -0.25) is 14.9 Å². The van der Waals surface area contributed by atoms with E-state index < -0.39 is 10.9 Å². The number of hydrogen-bond donors (Lipinski definition) is 0. The van der Waals surface area contributed by atoms with Crippen LogP contribution in [0.4, 0.5) is 11.5 Å². The van der Waals surface area contributed by atoms with Crippen molar-refractivity contribution in [1.29, 1.82) is 0 Å². The molecule has 0 amide bonds. The molecule has 0 aromatic carbocycles. The monoisotopic (exact) mass is 284 g/mol. The highest BCUT2D eigenvalue weighted by Crippen LogP contribution is 2.34. The summed E-state index contributed by atoms with van der Waals surface area (Å²) in [6.07, 6.45) is 0. The molecular formula is C12H20N4O4. The summed E-state index contributed by atoms with van der Waals surface area (Å²) in [5.41, 5.74) is 0.345. The molecule has 0 saturated heterocycles. The van der Waals surface area contributed by atoms with Gasteiger partial charge in [-0.1, -0.05) is 13.8 Å². The van der Waals surface area contributed by atoms with Gasteiger partial charge in [-0.25, -0.2) is 4.68 Å². The van der Waals surface area contributed by atoms with Crippen LogP contribution in [0.1, 0.15) is 32.4 Å². The van der Waals surface area contributed by atoms with Crippen LogP contribution in [0.25, 0.3) is 0 Å². The molecule has 0 saturated carbocycles. The first-order chi connectivity index (χ1) is 9.29. The molecule has 112 valence electrons. The minimum absolute atomic E-state index is 0.0608. The van der Waals surface area contributed by atoms with Crippen LogP contribution in [0.3, 0.4) is 0 Å². The fourth-order valence-corrected chi connectivity index (χ4v) is 1.99. The zero-order valence-electron chi connectivity index (χ0n) is 12.4. The molecule has 0 aliphatic heterocycles. The van der Waals surface area contributed by atoms with Gasteiger partial charge in [0.1, 0.15) is 12.2 Å². The summed E-state index contributed by atoms with van der Waals surface area (Å²) in [4.78, 5) is 23.8. The van der Waals surface area contributed by atoms with Crippen LogP contribution in [0.15, 0.2) is 0 Å². The Morgan fingerprint density at radius 1 is 1.55 bits per heavy atom. The molecule has 8 heteroatoms. The number of carbonyl (C=O) groups excluding carboxylic acids is 1. The lowest BCUT2D eigenvalue weighted by Gasteiger charge is -2.17. The normalized spacial score (nSPS) is 10.7. The second kappa shape index (κ2) is 6.36. The Morgan fingerprint density at radius 2 is 2.15 bits per heavy atom. The summed E-state index contributed by atoms with van der Waals surface area (Å²) in [7, 11) is 3.22. The van der Waals surface area contributed by atoms with Gasteiger partial charge in [-0.2, -0.15) is 5.10 Å². The van der Waals surface area contributed by atoms with Gasteiger partial charge >= 0.3 is 11.7 Å². The molecule has 1 aromatic rings. The maximum atomic E-state index is 11.5. The van der Waals surface area contributed by atoms with Crippen molar-refractivity contribution in [2.75, 3.05) is 25.1 Å². The highest BCUT2D eigenvalue weighted by atomic mass is 16.6. The Balaban J connectivity index is 3.16. The molecule has 1 rings (SSSR count). The number of esters is 1. The molecule has 0 fully saturated rings. The fraction of sp³-hybridized carbons (Fsp3) is 0.667. The number of aromatic nitrogens is 2. The first-order valence-corrected chi connectivity index (χ1v) is 6.37. The molecule has 0 atom stereocenters. The van der Waals surface area contributed by atoms with Crippen LogP contribution in [-0.2, 0) is 16.6 Å². The number of hydrogen-bond acceptors (Lipinski definition) is 6. The van der Waals surface area contributed by atoms with E-state index in [0.29, 0.717) is 11.5 Å². The van der Waals surface area contributed by atoms with Crippen molar-refractivity contribution < 1.29 is 14.5 Å². The highest BCUT2D eigenvalue weighted by molar-refractivity contribution is 5.77. The van der Waals surface area contributed by atoms with Gasteiger partial charge in [0.05, 0.1) is 11.5 Å². The Hall–Kier alpha value is -2.12. The van der Waals surface area contributed by atoms with E-state index in [1.807, 2.05) is 13.8 Å². The molecule has 0 N–H and O–H groups in total. The Labute approximate surface area is 117 Å². The van der Waals surface area contributed by atoms with E-state index in [1.54, 1.807) is 21.0 Å². The molecule has 0 radical (unpaired) electrons. The van der Waals surface area contributed by atoms with Crippen molar-refractivity contribution in [2.45, 2.75) is 26.7 Å². The van der Waals surface area contributed by atoms with E-state index in [4.69, 9.17) is 4.74 Å². The third kappa shape index (κ3) is 3.25. The van der Waals surface area contributed by atoms with Gasteiger partial charge in [-0.15, -0.1) is 0 Å². The van der Waals surface area contributed by atoms with Crippen LogP contribution >= 0.6 is 0 Å². The summed E-state index contributed by atoms with van der Waals surface area (Å²) in [6, 6.07) is 0. The molecule has 0 unspecified atom stereocenters. The molecular weight excluding hydrogens is 264 g/mol. The average Bonchev–Trinajstić information content (AvgIpc) is 2.67. The van der Waals surface area contributed by atoms with Crippen molar-refractivity contribution >= 4 is 17.5 Å². The minimum Gasteiger partial charge on any atom is -0.465 e. The van der Waals surface area contributed by atoms with E-state index in [1.165, 1.54) is 9.58 Å². The smallest absolute Gasteiger partial charge is 0.334 e. The number of nitrogens with zero attached hydrogens (tertiary/aromatic N) is 4. The predicted molar refractivity (Wildman–Crippen MR) is 73.9 cm³/mol. The summed E-state index contributed by atoms with van der Waals surface area (Å²) in [5.74, 6) is -0.213. The van der Waals surface area contributed by atoms with Crippen molar-refractivity contribution in [1.82, 2.24) is 9.78 Å². The minimum atomic E-state index is -0.459. The first kappa shape index (κ1) is 15.9. The zero-order valence-corrected chi connectivity index (χ0v) is 12.4. The molecule has 1 aromatic heterocycles. The van der Waals surface area contributed by atoms with Gasteiger partial charge in [0.15, 0.2) is 0 Å². The molecule has 0 bridgehead atoms. The summed E-state index contributed by atoms with van der Waals surface area (Å²) >= 11 is 0. The number of anilines is 1. The van der Waals surface area contributed by atoms with Crippen LogP contribution < -0.4 is 4.90 Å². The average molecular weight is 284 g/mol. The van der Waals surface area contributed by atoms with Crippen molar-refractivity contribution in [3.8, 4) is 0 Å². The fourth-order valence-electron chi connectivity index (χ4n) is 1.99. The third-order valence-electron chi connectivity index (χ3n) is 2.78. The van der Waals surface area contributed by atoms with E-state index in [9.17, 15) is 14.9 Å². The Bertz CT molecular complexity index is 510. The number of nitro groups is 1. The second-order valence-electron chi connectivity index (χ2n) is 4.75. The predicted octanol–water partition coefficient (Wildman–Crippen LogP) is 1.45. The zero-order chi connectivity index (χ0) is 15.4.